The molecule has 1 aromatic carbocycles. The van der Waals surface area contributed by atoms with Crippen LogP contribution in [0.4, 0.5) is 18.9 Å². The Labute approximate surface area is 171 Å². The molecule has 3 rings (SSSR count). The van der Waals surface area contributed by atoms with Crippen LogP contribution < -0.4 is 21.2 Å². The molecule has 1 aliphatic rings. The Bertz CT molecular complexity index is 963. The highest BCUT2D eigenvalue weighted by Gasteiger charge is 2.39. The zero-order valence-corrected chi connectivity index (χ0v) is 16.5. The van der Waals surface area contributed by atoms with Gasteiger partial charge in [0.15, 0.2) is 5.66 Å². The van der Waals surface area contributed by atoms with Crippen molar-refractivity contribution in [3.05, 3.63) is 65.6 Å². The second kappa shape index (κ2) is 8.23. The van der Waals surface area contributed by atoms with Crippen molar-refractivity contribution in [3.63, 3.8) is 0 Å². The van der Waals surface area contributed by atoms with E-state index in [0.29, 0.717) is 17.9 Å². The number of carbonyl (C=O) groups is 1. The Morgan fingerprint density at radius 3 is 2.73 bits per heavy atom. The van der Waals surface area contributed by atoms with Crippen molar-refractivity contribution in [2.75, 3.05) is 11.9 Å². The van der Waals surface area contributed by atoms with Crippen LogP contribution in [0.15, 0.2) is 54.4 Å². The van der Waals surface area contributed by atoms with E-state index in [2.05, 4.69) is 20.5 Å². The maximum Gasteiger partial charge on any atom is 0.573 e. The van der Waals surface area contributed by atoms with Crippen LogP contribution in [0, 0.1) is 6.92 Å². The lowest BCUT2D eigenvalue weighted by atomic mass is 9.98. The molecule has 0 radical (unpaired) electrons. The van der Waals surface area contributed by atoms with Crippen molar-refractivity contribution in [1.82, 2.24) is 15.4 Å². The Morgan fingerprint density at radius 1 is 1.33 bits per heavy atom. The summed E-state index contributed by atoms with van der Waals surface area (Å²) in [5.74, 6) is -0.843. The standard InChI is InChI=1S/C20H22F3N5O2/c1-3-28-16(11-18(24)29)12-19(27-28,14-7-8-25-13(2)9-14)26-15-5-4-6-17(10-15)30-20(21,22)23/h4-10,12,26-27H,3,11H2,1-2H3,(H2,24,29). The van der Waals surface area contributed by atoms with E-state index in [-0.39, 0.29) is 12.2 Å². The van der Waals surface area contributed by atoms with Crippen molar-refractivity contribution >= 4 is 11.6 Å². The maximum atomic E-state index is 12.6. The molecule has 1 aromatic heterocycles. The molecule has 7 nitrogen and oxygen atoms in total. The second-order valence-corrected chi connectivity index (χ2v) is 6.83. The number of primary amides is 1. The Morgan fingerprint density at radius 2 is 2.10 bits per heavy atom. The van der Waals surface area contributed by atoms with Gasteiger partial charge in [-0.3, -0.25) is 9.78 Å². The number of hydrazine groups is 1. The summed E-state index contributed by atoms with van der Waals surface area (Å²) in [6.45, 7) is 4.26. The van der Waals surface area contributed by atoms with Gasteiger partial charge in [-0.2, -0.15) is 0 Å². The first kappa shape index (κ1) is 21.4. The quantitative estimate of drug-likeness (QED) is 0.636. The molecule has 2 aromatic rings. The molecule has 0 bridgehead atoms. The molecule has 30 heavy (non-hydrogen) atoms. The van der Waals surface area contributed by atoms with E-state index >= 15 is 0 Å². The normalized spacial score (nSPS) is 18.8. The van der Waals surface area contributed by atoms with Gasteiger partial charge in [0.25, 0.3) is 0 Å². The molecule has 2 heterocycles. The monoisotopic (exact) mass is 421 g/mol. The summed E-state index contributed by atoms with van der Waals surface area (Å²) < 4.78 is 41.9. The summed E-state index contributed by atoms with van der Waals surface area (Å²) in [6, 6.07) is 9.17. The summed E-state index contributed by atoms with van der Waals surface area (Å²) in [4.78, 5) is 15.7. The molecule has 1 atom stereocenters. The van der Waals surface area contributed by atoms with Gasteiger partial charge in [-0.1, -0.05) is 6.07 Å². The number of nitrogens with one attached hydrogen (secondary N) is 2. The zero-order chi connectivity index (χ0) is 21.9. The van der Waals surface area contributed by atoms with E-state index in [4.69, 9.17) is 5.73 Å². The van der Waals surface area contributed by atoms with Crippen molar-refractivity contribution < 1.29 is 22.7 Å². The molecule has 1 amide bonds. The predicted octanol–water partition coefficient (Wildman–Crippen LogP) is 3.15. The highest BCUT2D eigenvalue weighted by Crippen LogP contribution is 2.35. The van der Waals surface area contributed by atoms with Crippen LogP contribution in [0.25, 0.3) is 0 Å². The van der Waals surface area contributed by atoms with Crippen molar-refractivity contribution in [3.8, 4) is 5.75 Å². The van der Waals surface area contributed by atoms with Crippen LogP contribution in [0.3, 0.4) is 0 Å². The predicted molar refractivity (Wildman–Crippen MR) is 105 cm³/mol. The highest BCUT2D eigenvalue weighted by atomic mass is 19.4. The van der Waals surface area contributed by atoms with Gasteiger partial charge in [-0.05, 0) is 44.2 Å². The largest absolute Gasteiger partial charge is 0.573 e. The van der Waals surface area contributed by atoms with Crippen molar-refractivity contribution in [2.24, 2.45) is 5.73 Å². The van der Waals surface area contributed by atoms with Crippen LogP contribution in [-0.4, -0.2) is 28.8 Å². The summed E-state index contributed by atoms with van der Waals surface area (Å²) in [6.07, 6.45) is -1.36. The fraction of sp³-hybridized carbons (Fsp3) is 0.300. The summed E-state index contributed by atoms with van der Waals surface area (Å²) in [5, 5.41) is 5.00. The average molecular weight is 421 g/mol. The fourth-order valence-electron chi connectivity index (χ4n) is 3.33. The number of carbonyl (C=O) groups excluding carboxylic acids is 1. The zero-order valence-electron chi connectivity index (χ0n) is 16.5. The number of halogens is 3. The van der Waals surface area contributed by atoms with Crippen LogP contribution in [-0.2, 0) is 10.5 Å². The number of anilines is 1. The maximum absolute atomic E-state index is 12.6. The van der Waals surface area contributed by atoms with E-state index in [1.165, 1.54) is 18.2 Å². The molecule has 0 aliphatic carbocycles. The van der Waals surface area contributed by atoms with Gasteiger partial charge in [0.05, 0.1) is 6.42 Å². The number of ether oxygens (including phenoxy) is 1. The number of nitrogens with zero attached hydrogens (tertiary/aromatic N) is 2. The topological polar surface area (TPSA) is 92.5 Å². The smallest absolute Gasteiger partial charge is 0.406 e. The number of benzene rings is 1. The van der Waals surface area contributed by atoms with Crippen molar-refractivity contribution in [2.45, 2.75) is 32.3 Å². The Hall–Kier alpha value is -3.27. The lowest BCUT2D eigenvalue weighted by Crippen LogP contribution is -2.50. The molecular weight excluding hydrogens is 399 g/mol. The summed E-state index contributed by atoms with van der Waals surface area (Å²) in [7, 11) is 0. The van der Waals surface area contributed by atoms with E-state index in [0.717, 1.165) is 11.3 Å². The molecule has 4 N–H and O–H groups in total. The van der Waals surface area contributed by atoms with Crippen LogP contribution in [0.1, 0.15) is 24.6 Å². The number of aryl methyl sites for hydroxylation is 1. The first-order valence-electron chi connectivity index (χ1n) is 9.23. The first-order valence-corrected chi connectivity index (χ1v) is 9.23. The minimum Gasteiger partial charge on any atom is -0.406 e. The molecular formula is C20H22F3N5O2. The van der Waals surface area contributed by atoms with Gasteiger partial charge < -0.3 is 20.8 Å². The van der Waals surface area contributed by atoms with E-state index in [1.54, 1.807) is 29.4 Å². The molecule has 0 fully saturated rings. The second-order valence-electron chi connectivity index (χ2n) is 6.83. The van der Waals surface area contributed by atoms with Crippen LogP contribution in [0.5, 0.6) is 5.75 Å². The number of rotatable bonds is 7. The molecule has 0 saturated carbocycles. The number of hydrogen-bond donors (Lipinski definition) is 3. The number of hydrogen-bond acceptors (Lipinski definition) is 6. The van der Waals surface area contributed by atoms with Crippen LogP contribution >= 0.6 is 0 Å². The summed E-state index contributed by atoms with van der Waals surface area (Å²) >= 11 is 0. The Kier molecular flexibility index (Phi) is 5.88. The van der Waals surface area contributed by atoms with Gasteiger partial charge in [0, 0.05) is 41.4 Å². The summed E-state index contributed by atoms with van der Waals surface area (Å²) in [5.41, 5.74) is 10.2. The van der Waals surface area contributed by atoms with E-state index < -0.39 is 17.9 Å². The highest BCUT2D eigenvalue weighted by molar-refractivity contribution is 5.76. The molecule has 1 aliphatic heterocycles. The fourth-order valence-corrected chi connectivity index (χ4v) is 3.33. The molecule has 160 valence electrons. The first-order chi connectivity index (χ1) is 14.1. The Balaban J connectivity index is 2.03. The number of nitrogens with two attached hydrogens (primary N) is 1. The van der Waals surface area contributed by atoms with Crippen LogP contribution in [0.2, 0.25) is 0 Å². The third-order valence-electron chi connectivity index (χ3n) is 4.47. The average Bonchev–Trinajstić information content (AvgIpc) is 2.98. The molecule has 10 heteroatoms. The number of amides is 1. The number of pyridine rings is 1. The number of alkyl halides is 3. The number of aromatic nitrogens is 1. The van der Waals surface area contributed by atoms with Gasteiger partial charge in [0.2, 0.25) is 5.91 Å². The third-order valence-corrected chi connectivity index (χ3v) is 4.47. The minimum absolute atomic E-state index is 0.00552. The van der Waals surface area contributed by atoms with Gasteiger partial charge >= 0.3 is 6.36 Å². The van der Waals surface area contributed by atoms with Gasteiger partial charge in [0.1, 0.15) is 5.75 Å². The third kappa shape index (κ3) is 5.01. The lowest BCUT2D eigenvalue weighted by molar-refractivity contribution is -0.274. The van der Waals surface area contributed by atoms with Gasteiger partial charge in [-0.15, -0.1) is 13.2 Å². The van der Waals surface area contributed by atoms with E-state index in [9.17, 15) is 18.0 Å². The van der Waals surface area contributed by atoms with Gasteiger partial charge in [-0.25, -0.2) is 5.43 Å². The SMILES string of the molecule is CCN1NC(Nc2cccc(OC(F)(F)F)c2)(c2ccnc(C)c2)C=C1CC(N)=O. The molecule has 0 saturated heterocycles. The van der Waals surface area contributed by atoms with E-state index in [1.807, 2.05) is 19.9 Å². The van der Waals surface area contributed by atoms with Crippen molar-refractivity contribution in [1.29, 1.82) is 0 Å². The lowest BCUT2D eigenvalue weighted by Gasteiger charge is -2.34. The minimum atomic E-state index is -4.79. The molecule has 1 unspecified atom stereocenters. The molecule has 0 spiro atoms.